The van der Waals surface area contributed by atoms with Gasteiger partial charge in [0, 0.05) is 59.5 Å². The second kappa shape index (κ2) is 14.7. The molecule has 1 aromatic heterocycles. The molecule has 0 aliphatic carbocycles. The lowest BCUT2D eigenvalue weighted by Gasteiger charge is -2.18. The van der Waals surface area contributed by atoms with Crippen molar-refractivity contribution in [3.8, 4) is 51.7 Å². The van der Waals surface area contributed by atoms with Crippen molar-refractivity contribution in [2.45, 2.75) is 0 Å². The van der Waals surface area contributed by atoms with E-state index in [9.17, 15) is 0 Å². The summed E-state index contributed by atoms with van der Waals surface area (Å²) in [6.45, 7) is 0. The number of rotatable bonds is 15. The molecule has 3 N–H and O–H groups in total. The highest BCUT2D eigenvalue weighted by molar-refractivity contribution is 5.73. The van der Waals surface area contributed by atoms with Gasteiger partial charge in [-0.2, -0.15) is 9.97 Å². The topological polar surface area (TPSA) is 145 Å². The predicted octanol–water partition coefficient (Wildman–Crippen LogP) is 5.78. The molecule has 1 heterocycles. The molecule has 45 heavy (non-hydrogen) atoms. The minimum absolute atomic E-state index is 0.247. The van der Waals surface area contributed by atoms with Crippen molar-refractivity contribution in [3.05, 3.63) is 42.5 Å². The maximum atomic E-state index is 5.52. The number of hydrogen-bond donors (Lipinski definition) is 3. The van der Waals surface area contributed by atoms with Gasteiger partial charge in [0.2, 0.25) is 23.2 Å². The molecule has 0 spiro atoms. The van der Waals surface area contributed by atoms with Crippen LogP contribution in [0.4, 0.5) is 34.6 Å². The Balaban J connectivity index is 1.80. The van der Waals surface area contributed by atoms with Gasteiger partial charge in [0.1, 0.15) is 11.6 Å². The molecule has 0 fully saturated rings. The summed E-state index contributed by atoms with van der Waals surface area (Å²) < 4.78 is 49.5. The molecule has 0 aliphatic rings. The summed E-state index contributed by atoms with van der Waals surface area (Å²) in [7, 11) is 13.9. The maximum Gasteiger partial charge on any atom is 0.231 e. The van der Waals surface area contributed by atoms with Crippen molar-refractivity contribution in [2.75, 3.05) is 79.9 Å². The Bertz CT molecular complexity index is 1360. The van der Waals surface area contributed by atoms with Gasteiger partial charge in [-0.15, -0.1) is 0 Å². The normalized spacial score (nSPS) is 10.3. The summed E-state index contributed by atoms with van der Waals surface area (Å²) in [5, 5.41) is 9.82. The Morgan fingerprint density at radius 2 is 0.622 bits per heavy atom. The highest BCUT2D eigenvalue weighted by atomic mass is 16.5. The zero-order valence-corrected chi connectivity index (χ0v) is 26.6. The van der Waals surface area contributed by atoms with E-state index in [1.54, 1.807) is 99.3 Å². The van der Waals surface area contributed by atoms with Gasteiger partial charge < -0.3 is 58.6 Å². The van der Waals surface area contributed by atoms with Crippen molar-refractivity contribution in [1.29, 1.82) is 0 Å². The number of nitrogens with one attached hydrogen (secondary N) is 3. The van der Waals surface area contributed by atoms with Crippen LogP contribution in [-0.4, -0.2) is 74.0 Å². The van der Waals surface area contributed by atoms with Crippen LogP contribution >= 0.6 is 0 Å². The van der Waals surface area contributed by atoms with Gasteiger partial charge >= 0.3 is 0 Å². The van der Waals surface area contributed by atoms with Gasteiger partial charge in [0.05, 0.1) is 64.0 Å². The van der Waals surface area contributed by atoms with Gasteiger partial charge in [0.25, 0.3) is 0 Å². The van der Waals surface area contributed by atoms with E-state index < -0.39 is 0 Å². The van der Waals surface area contributed by atoms with Gasteiger partial charge in [-0.1, -0.05) is 0 Å². The van der Waals surface area contributed by atoms with E-state index in [1.165, 1.54) is 7.11 Å². The number of methoxy groups -OCH3 is 9. The van der Waals surface area contributed by atoms with Crippen molar-refractivity contribution >= 4 is 34.6 Å². The summed E-state index contributed by atoms with van der Waals surface area (Å²) >= 11 is 0. The third-order valence-electron chi connectivity index (χ3n) is 6.52. The first-order chi connectivity index (χ1) is 21.8. The van der Waals surface area contributed by atoms with Gasteiger partial charge in [0.15, 0.2) is 34.5 Å². The van der Waals surface area contributed by atoms with Crippen molar-refractivity contribution in [2.24, 2.45) is 0 Å². The van der Waals surface area contributed by atoms with Crippen LogP contribution in [0.3, 0.4) is 0 Å². The van der Waals surface area contributed by atoms with Gasteiger partial charge in [-0.05, 0) is 0 Å². The Morgan fingerprint density at radius 3 is 0.867 bits per heavy atom. The lowest BCUT2D eigenvalue weighted by atomic mass is 10.2. The number of benzene rings is 3. The molecule has 0 aliphatic heterocycles. The fourth-order valence-electron chi connectivity index (χ4n) is 4.52. The lowest BCUT2D eigenvalue weighted by molar-refractivity contribution is 0.324. The summed E-state index contributed by atoms with van der Waals surface area (Å²) in [5.74, 6) is 5.30. The molecular formula is C31H37N5O9. The fraction of sp³-hybridized carbons (Fsp3) is 0.290. The molecule has 0 amide bonds. The average Bonchev–Trinajstić information content (AvgIpc) is 3.06. The van der Waals surface area contributed by atoms with Crippen LogP contribution in [-0.2, 0) is 0 Å². The molecule has 240 valence electrons. The van der Waals surface area contributed by atoms with Crippen LogP contribution in [0.1, 0.15) is 0 Å². The number of ether oxygens (including phenoxy) is 9. The zero-order chi connectivity index (χ0) is 32.5. The minimum atomic E-state index is 0.247. The molecule has 4 aromatic rings. The first kappa shape index (κ1) is 32.3. The summed E-state index contributed by atoms with van der Waals surface area (Å²) in [4.78, 5) is 9.40. The standard InChI is InChI=1S/C31H37N5O9/c1-37-20-10-17(11-21(38-2)28(20)43-7)32-26-16-27(33-18-12-22(39-3)29(44-8)23(13-18)40-4)36-31(35-26)34-19-14-24(41-5)30(45-9)25(15-19)42-6/h10-16H,1-9H3,(H3,32,33,34,35,36). The molecule has 4 rings (SSSR count). The molecule has 14 heteroatoms. The first-order valence-electron chi connectivity index (χ1n) is 13.4. The van der Waals surface area contributed by atoms with Crippen LogP contribution in [0.5, 0.6) is 51.7 Å². The van der Waals surface area contributed by atoms with Crippen LogP contribution in [0.25, 0.3) is 0 Å². The quantitative estimate of drug-likeness (QED) is 0.147. The molecule has 3 aromatic carbocycles. The first-order valence-corrected chi connectivity index (χ1v) is 13.4. The largest absolute Gasteiger partial charge is 0.493 e. The van der Waals surface area contributed by atoms with Crippen LogP contribution in [0, 0.1) is 0 Å². The van der Waals surface area contributed by atoms with Gasteiger partial charge in [-0.3, -0.25) is 0 Å². The molecule has 0 saturated carbocycles. The monoisotopic (exact) mass is 623 g/mol. The number of hydrogen-bond acceptors (Lipinski definition) is 14. The van der Waals surface area contributed by atoms with Crippen LogP contribution in [0.2, 0.25) is 0 Å². The van der Waals surface area contributed by atoms with E-state index in [0.29, 0.717) is 80.4 Å². The fourth-order valence-corrected chi connectivity index (χ4v) is 4.52. The Labute approximate surface area is 261 Å². The highest BCUT2D eigenvalue weighted by Gasteiger charge is 2.18. The van der Waals surface area contributed by atoms with E-state index in [0.717, 1.165) is 0 Å². The highest BCUT2D eigenvalue weighted by Crippen LogP contribution is 2.43. The Hall–Kier alpha value is -5.66. The molecule has 0 unspecified atom stereocenters. The Morgan fingerprint density at radius 1 is 0.356 bits per heavy atom. The van der Waals surface area contributed by atoms with E-state index in [1.807, 2.05) is 0 Å². The van der Waals surface area contributed by atoms with Crippen molar-refractivity contribution in [3.63, 3.8) is 0 Å². The number of anilines is 6. The summed E-state index contributed by atoms with van der Waals surface area (Å²) in [6, 6.07) is 12.3. The molecule has 14 nitrogen and oxygen atoms in total. The second-order valence-electron chi connectivity index (χ2n) is 9.08. The van der Waals surface area contributed by atoms with Gasteiger partial charge in [-0.25, -0.2) is 0 Å². The third kappa shape index (κ3) is 7.12. The van der Waals surface area contributed by atoms with E-state index in [2.05, 4.69) is 16.0 Å². The summed E-state index contributed by atoms with van der Waals surface area (Å²) in [6.07, 6.45) is 0. The smallest absolute Gasteiger partial charge is 0.231 e. The molecular weight excluding hydrogens is 586 g/mol. The molecule has 0 saturated heterocycles. The van der Waals surface area contributed by atoms with E-state index in [-0.39, 0.29) is 5.95 Å². The maximum absolute atomic E-state index is 5.52. The minimum Gasteiger partial charge on any atom is -0.493 e. The molecule has 0 atom stereocenters. The summed E-state index contributed by atoms with van der Waals surface area (Å²) in [5.41, 5.74) is 1.84. The van der Waals surface area contributed by atoms with Crippen molar-refractivity contribution in [1.82, 2.24) is 9.97 Å². The number of nitrogens with zero attached hydrogens (tertiary/aromatic N) is 2. The number of aromatic nitrogens is 2. The second-order valence-corrected chi connectivity index (χ2v) is 9.08. The van der Waals surface area contributed by atoms with E-state index >= 15 is 0 Å². The average molecular weight is 624 g/mol. The van der Waals surface area contributed by atoms with E-state index in [4.69, 9.17) is 52.6 Å². The van der Waals surface area contributed by atoms with Crippen LogP contribution < -0.4 is 58.6 Å². The zero-order valence-electron chi connectivity index (χ0n) is 26.6. The van der Waals surface area contributed by atoms with Crippen LogP contribution in [0.15, 0.2) is 42.5 Å². The SMILES string of the molecule is COc1cc(Nc2cc(Nc3cc(OC)c(OC)c(OC)c3)nc(Nc3cc(OC)c(OC)c(OC)c3)n2)cc(OC)c1OC. The molecule has 0 radical (unpaired) electrons. The molecule has 0 bridgehead atoms. The van der Waals surface area contributed by atoms with Crippen molar-refractivity contribution < 1.29 is 42.6 Å². The lowest BCUT2D eigenvalue weighted by Crippen LogP contribution is -2.06. The predicted molar refractivity (Wildman–Crippen MR) is 170 cm³/mol. The third-order valence-corrected chi connectivity index (χ3v) is 6.52. The Kier molecular flexibility index (Phi) is 10.5.